The Labute approximate surface area is 452 Å². The number of fused-ring (bicyclic) bond motifs is 2. The van der Waals surface area contributed by atoms with E-state index in [9.17, 15) is 19.4 Å². The number of phenols is 1. The van der Waals surface area contributed by atoms with Gasteiger partial charge < -0.3 is 44.8 Å². The molecule has 6 aromatic rings. The number of carbonyl (C=O) groups is 1. The molecule has 78 heavy (non-hydrogen) atoms. The number of rotatable bonds is 13. The molecule has 2 bridgehead atoms. The summed E-state index contributed by atoms with van der Waals surface area (Å²) in [6.07, 6.45) is 12.3. The molecule has 7 aliphatic rings. The van der Waals surface area contributed by atoms with E-state index in [2.05, 4.69) is 47.9 Å². The standard InChI is InChI=1S/C59H67FN12O6/c1-34(2)53(56(75)71-33-42(73)22-49(71)55-64-58(3,78-68-55)38-14-12-36(13-15-38)44-8-4-6-10-46(44)60)51-24-52(67-77-51)76-43-27-59(28-43)25-41(26-59)69-20-18-35(19-21-69)37-29-62-57(63-30-37)72-39-16-17-40(72)32-70(31-39)48-23-47(65-66-54(48)61)45-9-5-7-11-50(45)74/h4-15,23-24,29-30,34-35,39-43,49,53,73-74H,16-22,25-28,31-33H2,1-3H3,(H2,61,66)(H,64,68)/t39?,40?,41?,42-,43?,49+,53-,58-,59?/m1/s1. The van der Waals surface area contributed by atoms with Gasteiger partial charge in [-0.25, -0.2) is 29.7 Å². The summed E-state index contributed by atoms with van der Waals surface area (Å²) in [4.78, 5) is 44.5. The fourth-order valence-corrected chi connectivity index (χ4v) is 13.9. The number of amides is 1. The molecule has 18 nitrogen and oxygen atoms in total. The van der Waals surface area contributed by atoms with Crippen molar-refractivity contribution in [1.82, 2.24) is 40.6 Å². The first kappa shape index (κ1) is 50.3. The third-order valence-corrected chi connectivity index (χ3v) is 18.1. The van der Waals surface area contributed by atoms with Gasteiger partial charge in [-0.05, 0) is 129 Å². The molecule has 8 heterocycles. The summed E-state index contributed by atoms with van der Waals surface area (Å²) in [7, 11) is 0. The van der Waals surface area contributed by atoms with Gasteiger partial charge in [-0.3, -0.25) is 4.79 Å². The average Bonchev–Trinajstić information content (AvgIpc) is 4.26. The minimum atomic E-state index is -1.11. The molecule has 19 heteroatoms. The van der Waals surface area contributed by atoms with E-state index in [1.807, 2.05) is 63.2 Å². The molecule has 2 aliphatic carbocycles. The Balaban J connectivity index is 0.573. The van der Waals surface area contributed by atoms with Gasteiger partial charge in [0.1, 0.15) is 29.4 Å². The number of nitrogens with zero attached hydrogens (tertiary/aromatic N) is 10. The molecule has 2 saturated carbocycles. The van der Waals surface area contributed by atoms with Gasteiger partial charge in [0.25, 0.3) is 5.88 Å². The summed E-state index contributed by atoms with van der Waals surface area (Å²) >= 11 is 0. The number of para-hydroxylation sites is 1. The van der Waals surface area contributed by atoms with Crippen molar-refractivity contribution in [2.24, 2.45) is 16.3 Å². The number of hydrogen-bond acceptors (Lipinski definition) is 17. The highest BCUT2D eigenvalue weighted by Gasteiger charge is 2.56. The molecule has 3 aromatic carbocycles. The SMILES string of the molecule is CC(C)[C@@H](C(=O)N1C[C@H](O)C[C@H]1C1=N[C@@](C)(c2ccc(-c3ccccc3F)cc2)ON1)c1cc(OC2CC3(C2)CC(N2CCC(c4cnc(N5C6CCC5CN(c5cc(-c7ccccc7O)nnc5N)C6)nc4)CC2)C3)no1. The molecular formula is C59H67FN12O6. The van der Waals surface area contributed by atoms with Gasteiger partial charge in [0.05, 0.1) is 23.5 Å². The molecule has 5 N–H and O–H groups in total. The largest absolute Gasteiger partial charge is 0.507 e. The number of aliphatic imine (C=N–C) groups is 1. The van der Waals surface area contributed by atoms with Crippen molar-refractivity contribution in [2.45, 2.75) is 132 Å². The number of piperazine rings is 1. The van der Waals surface area contributed by atoms with Gasteiger partial charge in [0, 0.05) is 79.3 Å². The Kier molecular flexibility index (Phi) is 12.8. The molecular weight excluding hydrogens is 992 g/mol. The Morgan fingerprint density at radius 1 is 0.872 bits per heavy atom. The highest BCUT2D eigenvalue weighted by Crippen LogP contribution is 2.58. The predicted molar refractivity (Wildman–Crippen MR) is 291 cm³/mol. The van der Waals surface area contributed by atoms with Crippen molar-refractivity contribution in [2.75, 3.05) is 48.3 Å². The lowest BCUT2D eigenvalue weighted by Crippen LogP contribution is -2.59. The summed E-state index contributed by atoms with van der Waals surface area (Å²) in [6.45, 7) is 9.61. The third kappa shape index (κ3) is 9.25. The van der Waals surface area contributed by atoms with Crippen LogP contribution in [0.15, 0.2) is 107 Å². The monoisotopic (exact) mass is 1060 g/mol. The van der Waals surface area contributed by atoms with Crippen LogP contribution < -0.4 is 25.8 Å². The number of nitrogens with one attached hydrogen (secondary N) is 1. The average molecular weight is 1060 g/mol. The van der Waals surface area contributed by atoms with E-state index in [1.54, 1.807) is 41.3 Å². The number of anilines is 3. The van der Waals surface area contributed by atoms with Crippen molar-refractivity contribution in [1.29, 1.82) is 0 Å². The minimum Gasteiger partial charge on any atom is -0.507 e. The number of aromatic nitrogens is 5. The van der Waals surface area contributed by atoms with Crippen LogP contribution in [0.25, 0.3) is 22.4 Å². The van der Waals surface area contributed by atoms with Crippen molar-refractivity contribution < 1.29 is 33.5 Å². The first-order chi connectivity index (χ1) is 37.8. The molecule has 406 valence electrons. The summed E-state index contributed by atoms with van der Waals surface area (Å²) in [5.41, 5.74) is 13.8. The lowest BCUT2D eigenvalue weighted by molar-refractivity contribution is -0.134. The van der Waals surface area contributed by atoms with Gasteiger partial charge >= 0.3 is 0 Å². The summed E-state index contributed by atoms with van der Waals surface area (Å²) in [5, 5.41) is 34.2. The predicted octanol–water partition coefficient (Wildman–Crippen LogP) is 7.95. The van der Waals surface area contributed by atoms with Crippen molar-refractivity contribution in [3.63, 3.8) is 0 Å². The van der Waals surface area contributed by atoms with Gasteiger partial charge in [-0.15, -0.1) is 10.2 Å². The lowest BCUT2D eigenvalue weighted by Gasteiger charge is -2.60. The van der Waals surface area contributed by atoms with Gasteiger partial charge in [-0.2, -0.15) is 0 Å². The van der Waals surface area contributed by atoms with E-state index in [-0.39, 0.29) is 48.1 Å². The first-order valence-electron chi connectivity index (χ1n) is 27.8. The second-order valence-electron chi connectivity index (χ2n) is 23.5. The fourth-order valence-electron chi connectivity index (χ4n) is 13.9. The number of halogens is 1. The van der Waals surface area contributed by atoms with Crippen LogP contribution in [-0.2, 0) is 15.4 Å². The van der Waals surface area contributed by atoms with E-state index >= 15 is 0 Å². The molecule has 4 saturated heterocycles. The molecule has 13 rings (SSSR count). The topological polar surface area (TPSA) is 217 Å². The van der Waals surface area contributed by atoms with Crippen LogP contribution >= 0.6 is 0 Å². The zero-order valence-corrected chi connectivity index (χ0v) is 44.3. The maximum absolute atomic E-state index is 14.5. The number of nitrogens with two attached hydrogens (primary N) is 1. The number of aliphatic hydroxyl groups excluding tert-OH is 1. The lowest BCUT2D eigenvalue weighted by atomic mass is 9.52. The number of hydroxylamine groups is 1. The van der Waals surface area contributed by atoms with Gasteiger partial charge in [0.2, 0.25) is 17.6 Å². The van der Waals surface area contributed by atoms with E-state index in [4.69, 9.17) is 34.8 Å². The first-order valence-corrected chi connectivity index (χ1v) is 27.8. The number of benzene rings is 3. The number of phenolic OH excluding ortho intramolecular Hbond substituents is 1. The number of ether oxygens (including phenoxy) is 1. The fraction of sp³-hybridized carbons (Fsp3) is 0.475. The number of aliphatic hydroxyl groups is 1. The molecule has 1 spiro atoms. The molecule has 6 atom stereocenters. The zero-order chi connectivity index (χ0) is 53.5. The summed E-state index contributed by atoms with van der Waals surface area (Å²) < 4.78 is 26.8. The van der Waals surface area contributed by atoms with Gasteiger partial charge in [0.15, 0.2) is 11.6 Å². The quantitative estimate of drug-likeness (QED) is 0.0863. The Morgan fingerprint density at radius 3 is 2.28 bits per heavy atom. The molecule has 0 radical (unpaired) electrons. The Morgan fingerprint density at radius 2 is 1.58 bits per heavy atom. The van der Waals surface area contributed by atoms with E-state index in [1.165, 1.54) is 24.5 Å². The van der Waals surface area contributed by atoms with E-state index in [0.717, 1.165) is 87.5 Å². The van der Waals surface area contributed by atoms with Crippen molar-refractivity contribution in [3.8, 4) is 34.0 Å². The highest BCUT2D eigenvalue weighted by molar-refractivity contribution is 5.94. The number of piperidine rings is 1. The summed E-state index contributed by atoms with van der Waals surface area (Å²) in [6, 6.07) is 25.4. The summed E-state index contributed by atoms with van der Waals surface area (Å²) in [5.74, 6) is 1.78. The second-order valence-corrected chi connectivity index (χ2v) is 23.5. The molecule has 1 amide bonds. The Hall–Kier alpha value is -7.22. The zero-order valence-electron chi connectivity index (χ0n) is 44.3. The van der Waals surface area contributed by atoms with Crippen LogP contribution in [0, 0.1) is 17.2 Å². The Bertz CT molecular complexity index is 3200. The third-order valence-electron chi connectivity index (χ3n) is 18.1. The number of amidine groups is 1. The molecule has 2 unspecified atom stereocenters. The number of likely N-dealkylation sites (tertiary alicyclic amines) is 2. The number of nitrogen functional groups attached to an aromatic ring is 1. The number of aromatic hydroxyl groups is 1. The molecule has 5 aliphatic heterocycles. The van der Waals surface area contributed by atoms with Crippen LogP contribution in [0.1, 0.15) is 107 Å². The number of hydrogen-bond donors (Lipinski definition) is 4. The van der Waals surface area contributed by atoms with Crippen LogP contribution in [0.5, 0.6) is 11.6 Å². The van der Waals surface area contributed by atoms with E-state index < -0.39 is 23.8 Å². The minimum absolute atomic E-state index is 0.0429. The van der Waals surface area contributed by atoms with Crippen LogP contribution in [0.4, 0.5) is 21.8 Å². The van der Waals surface area contributed by atoms with Crippen LogP contribution in [0.3, 0.4) is 0 Å². The number of β-amino-alcohol motifs (C(OH)–C–C–N with tert-alkyl or cyclic N) is 1. The molecule has 3 aromatic heterocycles. The maximum atomic E-state index is 14.5. The van der Waals surface area contributed by atoms with Crippen molar-refractivity contribution in [3.05, 3.63) is 120 Å². The van der Waals surface area contributed by atoms with E-state index in [0.29, 0.717) is 63.9 Å². The van der Waals surface area contributed by atoms with Crippen LogP contribution in [-0.4, -0.2) is 126 Å². The smallest absolute Gasteiger partial charge is 0.254 e. The highest BCUT2D eigenvalue weighted by atomic mass is 19.1. The van der Waals surface area contributed by atoms with Crippen LogP contribution in [0.2, 0.25) is 0 Å². The second kappa shape index (κ2) is 19.9. The maximum Gasteiger partial charge on any atom is 0.254 e. The van der Waals surface area contributed by atoms with Gasteiger partial charge in [-0.1, -0.05) is 68.4 Å². The normalized spacial score (nSPS) is 28.4. The van der Waals surface area contributed by atoms with Crippen molar-refractivity contribution >= 4 is 29.2 Å². The molecule has 6 fully saturated rings. The number of carbonyl (C=O) groups excluding carboxylic acids is 1.